The largest absolute Gasteiger partial charge is 0.475 e. The molecule has 12 heteroatoms. The Kier molecular flexibility index (Phi) is 7.17. The van der Waals surface area contributed by atoms with Crippen molar-refractivity contribution < 1.29 is 23.0 Å². The van der Waals surface area contributed by atoms with Gasteiger partial charge in [-0.3, -0.25) is 4.90 Å². The van der Waals surface area contributed by atoms with Crippen molar-refractivity contribution in [2.45, 2.75) is 32.8 Å². The van der Waals surface area contributed by atoms with Crippen LogP contribution in [-0.2, 0) is 13.3 Å². The van der Waals surface area contributed by atoms with Gasteiger partial charge in [-0.15, -0.1) is 0 Å². The fraction of sp³-hybridized carbons (Fsp3) is 0.385. The van der Waals surface area contributed by atoms with Crippen molar-refractivity contribution in [3.63, 3.8) is 0 Å². The first-order valence-electron chi connectivity index (χ1n) is 12.2. The van der Waals surface area contributed by atoms with Gasteiger partial charge in [0, 0.05) is 62.2 Å². The molecule has 0 unspecified atom stereocenters. The molecule has 9 nitrogen and oxygen atoms in total. The first-order valence-corrected chi connectivity index (χ1v) is 12.2. The highest BCUT2D eigenvalue weighted by molar-refractivity contribution is 5.83. The molecule has 1 aliphatic heterocycles. The summed E-state index contributed by atoms with van der Waals surface area (Å²) in [4.78, 5) is 18.1. The monoisotopic (exact) mass is 527 g/mol. The molecule has 1 N–H and O–H groups in total. The second-order valence-corrected chi connectivity index (χ2v) is 9.90. The molecule has 0 aliphatic carbocycles. The normalized spacial score (nSPS) is 14.8. The smallest absolute Gasteiger partial charge is 0.215 e. The third-order valence-corrected chi connectivity index (χ3v) is 6.19. The summed E-state index contributed by atoms with van der Waals surface area (Å²) in [5.74, 6) is -0.248. The highest BCUT2D eigenvalue weighted by Crippen LogP contribution is 2.31. The molecule has 1 aliphatic rings. The minimum absolute atomic E-state index is 0.0548. The maximum Gasteiger partial charge on any atom is 0.215 e. The van der Waals surface area contributed by atoms with Crippen molar-refractivity contribution in [2.75, 3.05) is 37.7 Å². The number of fused-ring (bicyclic) bond motifs is 1. The molecule has 200 valence electrons. The van der Waals surface area contributed by atoms with Crippen LogP contribution in [-0.4, -0.2) is 73.1 Å². The highest BCUT2D eigenvalue weighted by Gasteiger charge is 2.24. The number of aliphatic hydroxyl groups is 1. The van der Waals surface area contributed by atoms with Crippen molar-refractivity contribution in [3.05, 3.63) is 60.1 Å². The van der Waals surface area contributed by atoms with E-state index < -0.39 is 24.0 Å². The van der Waals surface area contributed by atoms with Crippen LogP contribution in [0.25, 0.3) is 22.3 Å². The Morgan fingerprint density at radius 2 is 1.82 bits per heavy atom. The molecule has 0 atom stereocenters. The molecule has 0 spiro atoms. The van der Waals surface area contributed by atoms with Crippen LogP contribution in [0.3, 0.4) is 0 Å². The number of nitrogens with zero attached hydrogens (tertiary/aromatic N) is 7. The Balaban J connectivity index is 1.41. The lowest BCUT2D eigenvalue weighted by Gasteiger charge is -2.36. The summed E-state index contributed by atoms with van der Waals surface area (Å²) in [7, 11) is 0. The van der Waals surface area contributed by atoms with Gasteiger partial charge in [-0.1, -0.05) is 6.07 Å². The number of hydrogen-bond donors (Lipinski definition) is 1. The van der Waals surface area contributed by atoms with Gasteiger partial charge in [0.2, 0.25) is 5.88 Å². The van der Waals surface area contributed by atoms with Crippen molar-refractivity contribution in [1.29, 1.82) is 0 Å². The molecule has 38 heavy (non-hydrogen) atoms. The third kappa shape index (κ3) is 5.86. The lowest BCUT2D eigenvalue weighted by Crippen LogP contribution is -2.46. The lowest BCUT2D eigenvalue weighted by atomic mass is 10.1. The van der Waals surface area contributed by atoms with Crippen LogP contribution < -0.4 is 9.64 Å². The van der Waals surface area contributed by atoms with Crippen molar-refractivity contribution >= 4 is 16.9 Å². The Morgan fingerprint density at radius 3 is 2.50 bits per heavy atom. The number of rotatable bonds is 8. The van der Waals surface area contributed by atoms with E-state index in [1.165, 1.54) is 16.8 Å². The SMILES string of the molecule is CC(C)(O)COc1cc2nc(-c3cnn(CF)c3)c(N3CCN(Cc4ccc(F)cc4F)CC3)nc2cn1. The van der Waals surface area contributed by atoms with E-state index in [-0.39, 0.29) is 6.61 Å². The summed E-state index contributed by atoms with van der Waals surface area (Å²) in [5, 5.41) is 14.0. The fourth-order valence-electron chi connectivity index (χ4n) is 4.24. The van der Waals surface area contributed by atoms with E-state index in [1.54, 1.807) is 38.5 Å². The zero-order valence-electron chi connectivity index (χ0n) is 21.1. The number of pyridine rings is 1. The number of alkyl halides is 1. The molecule has 4 aromatic rings. The van der Waals surface area contributed by atoms with Gasteiger partial charge in [0.25, 0.3) is 0 Å². The van der Waals surface area contributed by atoms with Gasteiger partial charge in [-0.2, -0.15) is 5.10 Å². The van der Waals surface area contributed by atoms with Crippen LogP contribution in [0.4, 0.5) is 19.0 Å². The average Bonchev–Trinajstić information content (AvgIpc) is 3.38. The number of benzene rings is 1. The summed E-state index contributed by atoms with van der Waals surface area (Å²) in [6.45, 7) is 5.36. The summed E-state index contributed by atoms with van der Waals surface area (Å²) in [6, 6.07) is 5.28. The Hall–Kier alpha value is -3.77. The second kappa shape index (κ2) is 10.5. The van der Waals surface area contributed by atoms with Crippen LogP contribution >= 0.6 is 0 Å². The van der Waals surface area contributed by atoms with Gasteiger partial charge in [0.05, 0.1) is 23.5 Å². The number of hydrogen-bond acceptors (Lipinski definition) is 8. The number of piperazine rings is 1. The standard InChI is InChI=1S/C26H28F3N7O2/c1-26(2,37)15-38-23-10-21-22(12-30-23)33-25(24(32-21)18-11-31-36(14-18)16-27)35-7-5-34(6-8-35)13-17-3-4-19(28)9-20(17)29/h3-4,9-12,14,37H,5-8,13,15-16H2,1-2H3. The predicted octanol–water partition coefficient (Wildman–Crippen LogP) is 3.57. The average molecular weight is 528 g/mol. The second-order valence-electron chi connectivity index (χ2n) is 9.90. The predicted molar refractivity (Wildman–Crippen MR) is 135 cm³/mol. The molecule has 1 aromatic carbocycles. The molecule has 0 saturated carbocycles. The summed E-state index contributed by atoms with van der Waals surface area (Å²) < 4.78 is 47.4. The van der Waals surface area contributed by atoms with Crippen LogP contribution in [0.2, 0.25) is 0 Å². The molecule has 5 rings (SSSR count). The fourth-order valence-corrected chi connectivity index (χ4v) is 4.24. The number of halogens is 3. The van der Waals surface area contributed by atoms with Crippen molar-refractivity contribution in [1.82, 2.24) is 29.6 Å². The van der Waals surface area contributed by atoms with Crippen LogP contribution in [0, 0.1) is 11.6 Å². The van der Waals surface area contributed by atoms with E-state index in [4.69, 9.17) is 14.7 Å². The van der Waals surface area contributed by atoms with Crippen molar-refractivity contribution in [2.24, 2.45) is 0 Å². The minimum atomic E-state index is -1.02. The van der Waals surface area contributed by atoms with E-state index in [0.29, 0.717) is 72.3 Å². The third-order valence-electron chi connectivity index (χ3n) is 6.19. The summed E-state index contributed by atoms with van der Waals surface area (Å²) in [5.41, 5.74) is 1.64. The first-order chi connectivity index (χ1) is 18.2. The van der Waals surface area contributed by atoms with Gasteiger partial charge in [0.15, 0.2) is 12.6 Å². The molecular formula is C26H28F3N7O2. The molecule has 3 aromatic heterocycles. The maximum absolute atomic E-state index is 14.1. The van der Waals surface area contributed by atoms with Gasteiger partial charge in [0.1, 0.15) is 29.5 Å². The van der Waals surface area contributed by atoms with E-state index in [0.717, 1.165) is 6.07 Å². The van der Waals surface area contributed by atoms with Crippen LogP contribution in [0.15, 0.2) is 42.9 Å². The molecule has 0 radical (unpaired) electrons. The maximum atomic E-state index is 14.1. The lowest BCUT2D eigenvalue weighted by molar-refractivity contribution is 0.0269. The van der Waals surface area contributed by atoms with E-state index in [2.05, 4.69) is 19.9 Å². The molecular weight excluding hydrogens is 499 g/mol. The van der Waals surface area contributed by atoms with Crippen LogP contribution in [0.5, 0.6) is 5.88 Å². The van der Waals surface area contributed by atoms with E-state index in [1.807, 2.05) is 0 Å². The number of anilines is 1. The number of ether oxygens (including phenoxy) is 1. The molecule has 0 bridgehead atoms. The number of aromatic nitrogens is 5. The quantitative estimate of drug-likeness (QED) is 0.372. The van der Waals surface area contributed by atoms with Crippen molar-refractivity contribution in [3.8, 4) is 17.1 Å². The first kappa shape index (κ1) is 25.9. The van der Waals surface area contributed by atoms with Gasteiger partial charge < -0.3 is 14.7 Å². The van der Waals surface area contributed by atoms with Gasteiger partial charge in [-0.25, -0.2) is 32.8 Å². The van der Waals surface area contributed by atoms with E-state index in [9.17, 15) is 18.3 Å². The zero-order chi connectivity index (χ0) is 26.9. The van der Waals surface area contributed by atoms with Gasteiger partial charge >= 0.3 is 0 Å². The highest BCUT2D eigenvalue weighted by atomic mass is 19.1. The molecule has 1 fully saturated rings. The van der Waals surface area contributed by atoms with Gasteiger partial charge in [-0.05, 0) is 19.9 Å². The Labute approximate surface area is 217 Å². The molecule has 1 saturated heterocycles. The Bertz CT molecular complexity index is 1430. The topological polar surface area (TPSA) is 92.4 Å². The van der Waals surface area contributed by atoms with Crippen LogP contribution in [0.1, 0.15) is 19.4 Å². The minimum Gasteiger partial charge on any atom is -0.475 e. The summed E-state index contributed by atoms with van der Waals surface area (Å²) in [6.07, 6.45) is 4.67. The Morgan fingerprint density at radius 1 is 1.03 bits per heavy atom. The summed E-state index contributed by atoms with van der Waals surface area (Å²) >= 11 is 0. The molecule has 4 heterocycles. The van der Waals surface area contributed by atoms with E-state index >= 15 is 0 Å². The molecule has 0 amide bonds. The zero-order valence-corrected chi connectivity index (χ0v) is 21.1.